The molecule has 6 nitrogen and oxygen atoms in total. The van der Waals surface area contributed by atoms with Crippen molar-refractivity contribution in [2.75, 3.05) is 19.7 Å². The molecule has 1 fully saturated rings. The van der Waals surface area contributed by atoms with Gasteiger partial charge in [0.2, 0.25) is 0 Å². The summed E-state index contributed by atoms with van der Waals surface area (Å²) in [4.78, 5) is 2.15. The largest absolute Gasteiger partial charge is 0.416 e. The number of ether oxygens (including phenoxy) is 1. The molecule has 1 aromatic carbocycles. The third-order valence-electron chi connectivity index (χ3n) is 3.66. The first-order chi connectivity index (χ1) is 10.9. The Hall–Kier alpha value is -2.00. The fraction of sp³-hybridized carbons (Fsp3) is 0.500. The van der Waals surface area contributed by atoms with Crippen LogP contribution in [0.15, 0.2) is 24.3 Å². The molecule has 1 aliphatic rings. The highest BCUT2D eigenvalue weighted by Gasteiger charge is 2.30. The zero-order valence-corrected chi connectivity index (χ0v) is 12.5. The number of alkyl halides is 3. The van der Waals surface area contributed by atoms with E-state index in [4.69, 9.17) is 4.74 Å². The molecular weight excluding hydrogens is 311 g/mol. The molecule has 3 rings (SSSR count). The standard InChI is InChI=1S/C14H16F3N5O/c1-10-8-21(6-7-23-10)9-13-18-19-20-22(13)12-4-2-11(3-5-12)14(15,16)17/h2-5,10H,6-9H2,1H3/t10-/m1/s1. The maximum Gasteiger partial charge on any atom is 0.416 e. The molecule has 2 aromatic rings. The molecule has 0 bridgehead atoms. The van der Waals surface area contributed by atoms with Crippen LogP contribution in [0.5, 0.6) is 0 Å². The van der Waals surface area contributed by atoms with Crippen molar-refractivity contribution in [3.63, 3.8) is 0 Å². The smallest absolute Gasteiger partial charge is 0.376 e. The van der Waals surface area contributed by atoms with E-state index in [2.05, 4.69) is 20.4 Å². The third-order valence-corrected chi connectivity index (χ3v) is 3.66. The molecule has 0 amide bonds. The number of nitrogens with zero attached hydrogens (tertiary/aromatic N) is 5. The first kappa shape index (κ1) is 15.9. The Morgan fingerprint density at radius 1 is 1.26 bits per heavy atom. The molecule has 9 heteroatoms. The second-order valence-electron chi connectivity index (χ2n) is 5.47. The molecule has 2 heterocycles. The lowest BCUT2D eigenvalue weighted by Crippen LogP contribution is -2.41. The SMILES string of the molecule is C[C@@H]1CN(Cc2nnnn2-c2ccc(C(F)(F)F)cc2)CCO1. The van der Waals surface area contributed by atoms with Gasteiger partial charge in [-0.25, -0.2) is 0 Å². The summed E-state index contributed by atoms with van der Waals surface area (Å²) in [6, 6.07) is 4.78. The van der Waals surface area contributed by atoms with Gasteiger partial charge in [0.15, 0.2) is 5.82 Å². The fourth-order valence-electron chi connectivity index (χ4n) is 2.53. The summed E-state index contributed by atoms with van der Waals surface area (Å²) in [5, 5.41) is 11.5. The molecule has 23 heavy (non-hydrogen) atoms. The Morgan fingerprint density at radius 3 is 2.65 bits per heavy atom. The minimum Gasteiger partial charge on any atom is -0.376 e. The zero-order valence-electron chi connectivity index (χ0n) is 12.5. The quantitative estimate of drug-likeness (QED) is 0.862. The molecule has 1 saturated heterocycles. The molecule has 0 spiro atoms. The van der Waals surface area contributed by atoms with E-state index in [-0.39, 0.29) is 6.10 Å². The van der Waals surface area contributed by atoms with E-state index in [9.17, 15) is 13.2 Å². The predicted molar refractivity (Wildman–Crippen MR) is 74.8 cm³/mol. The van der Waals surface area contributed by atoms with E-state index < -0.39 is 11.7 Å². The van der Waals surface area contributed by atoms with Gasteiger partial charge in [0.05, 0.1) is 30.5 Å². The second-order valence-corrected chi connectivity index (χ2v) is 5.47. The average molecular weight is 327 g/mol. The fourth-order valence-corrected chi connectivity index (χ4v) is 2.53. The van der Waals surface area contributed by atoms with Crippen LogP contribution in [0.3, 0.4) is 0 Å². The van der Waals surface area contributed by atoms with Gasteiger partial charge in [-0.15, -0.1) is 5.10 Å². The number of rotatable bonds is 3. The van der Waals surface area contributed by atoms with Crippen molar-refractivity contribution in [1.82, 2.24) is 25.1 Å². The van der Waals surface area contributed by atoms with Crippen molar-refractivity contribution in [3.8, 4) is 5.69 Å². The van der Waals surface area contributed by atoms with Crippen LogP contribution in [0.2, 0.25) is 0 Å². The lowest BCUT2D eigenvalue weighted by molar-refractivity contribution is -0.137. The van der Waals surface area contributed by atoms with Crippen LogP contribution in [0.25, 0.3) is 5.69 Å². The number of aromatic nitrogens is 4. The van der Waals surface area contributed by atoms with E-state index >= 15 is 0 Å². The van der Waals surface area contributed by atoms with Crippen LogP contribution in [0, 0.1) is 0 Å². The Morgan fingerprint density at radius 2 is 2.00 bits per heavy atom. The van der Waals surface area contributed by atoms with Gasteiger partial charge in [0, 0.05) is 13.1 Å². The van der Waals surface area contributed by atoms with Crippen molar-refractivity contribution >= 4 is 0 Å². The molecule has 0 radical (unpaired) electrons. The van der Waals surface area contributed by atoms with E-state index in [0.29, 0.717) is 24.7 Å². The van der Waals surface area contributed by atoms with Crippen LogP contribution >= 0.6 is 0 Å². The summed E-state index contributed by atoms with van der Waals surface area (Å²) in [6.07, 6.45) is -4.22. The van der Waals surface area contributed by atoms with Crippen molar-refractivity contribution < 1.29 is 17.9 Å². The summed E-state index contributed by atoms with van der Waals surface area (Å²) in [7, 11) is 0. The lowest BCUT2D eigenvalue weighted by atomic mass is 10.2. The molecule has 1 atom stereocenters. The summed E-state index contributed by atoms with van der Waals surface area (Å²) < 4.78 is 44.8. The van der Waals surface area contributed by atoms with E-state index in [1.165, 1.54) is 16.8 Å². The molecule has 0 N–H and O–H groups in total. The van der Waals surface area contributed by atoms with Gasteiger partial charge in [-0.2, -0.15) is 17.9 Å². The van der Waals surface area contributed by atoms with Crippen LogP contribution in [-0.2, 0) is 17.5 Å². The van der Waals surface area contributed by atoms with Gasteiger partial charge in [0.25, 0.3) is 0 Å². The van der Waals surface area contributed by atoms with Gasteiger partial charge in [-0.3, -0.25) is 4.90 Å². The Bertz CT molecular complexity index is 655. The molecule has 0 saturated carbocycles. The van der Waals surface area contributed by atoms with Gasteiger partial charge in [-0.1, -0.05) is 0 Å². The molecule has 1 aromatic heterocycles. The van der Waals surface area contributed by atoms with Crippen LogP contribution < -0.4 is 0 Å². The summed E-state index contributed by atoms with van der Waals surface area (Å²) in [6.45, 7) is 4.68. The molecule has 124 valence electrons. The maximum atomic E-state index is 12.6. The van der Waals surface area contributed by atoms with Crippen LogP contribution in [0.1, 0.15) is 18.3 Å². The van der Waals surface area contributed by atoms with Crippen molar-refractivity contribution in [1.29, 1.82) is 0 Å². The van der Waals surface area contributed by atoms with Crippen LogP contribution in [-0.4, -0.2) is 50.9 Å². The topological polar surface area (TPSA) is 56.1 Å². The van der Waals surface area contributed by atoms with Crippen molar-refractivity contribution in [3.05, 3.63) is 35.7 Å². The minimum atomic E-state index is -4.36. The Labute approximate surface area is 130 Å². The van der Waals surface area contributed by atoms with Crippen molar-refractivity contribution in [2.45, 2.75) is 25.7 Å². The van der Waals surface area contributed by atoms with Crippen LogP contribution in [0.4, 0.5) is 13.2 Å². The Kier molecular flexibility index (Phi) is 4.31. The average Bonchev–Trinajstić information content (AvgIpc) is 2.94. The Balaban J connectivity index is 1.78. The number of hydrogen-bond donors (Lipinski definition) is 0. The highest BCUT2D eigenvalue weighted by Crippen LogP contribution is 2.29. The number of benzene rings is 1. The molecule has 1 aliphatic heterocycles. The van der Waals surface area contributed by atoms with Gasteiger partial charge in [-0.05, 0) is 41.6 Å². The number of morpholine rings is 1. The number of halogens is 3. The monoisotopic (exact) mass is 327 g/mol. The number of tetrazole rings is 1. The van der Waals surface area contributed by atoms with Gasteiger partial charge in [0.1, 0.15) is 0 Å². The normalized spacial score (nSPS) is 19.9. The predicted octanol–water partition coefficient (Wildman–Crippen LogP) is 1.90. The zero-order chi connectivity index (χ0) is 16.4. The van der Waals surface area contributed by atoms with Gasteiger partial charge >= 0.3 is 6.18 Å². The maximum absolute atomic E-state index is 12.6. The highest BCUT2D eigenvalue weighted by atomic mass is 19.4. The molecule has 0 aliphatic carbocycles. The second kappa shape index (κ2) is 6.25. The van der Waals surface area contributed by atoms with E-state index in [0.717, 1.165) is 25.2 Å². The van der Waals surface area contributed by atoms with E-state index in [1.807, 2.05) is 6.92 Å². The highest BCUT2D eigenvalue weighted by molar-refractivity contribution is 5.35. The van der Waals surface area contributed by atoms with E-state index in [1.54, 1.807) is 0 Å². The van der Waals surface area contributed by atoms with Crippen molar-refractivity contribution in [2.24, 2.45) is 0 Å². The first-order valence-electron chi connectivity index (χ1n) is 7.22. The lowest BCUT2D eigenvalue weighted by Gasteiger charge is -2.30. The first-order valence-corrected chi connectivity index (χ1v) is 7.22. The summed E-state index contributed by atoms with van der Waals surface area (Å²) >= 11 is 0. The summed E-state index contributed by atoms with van der Waals surface area (Å²) in [5.41, 5.74) is -0.197. The summed E-state index contributed by atoms with van der Waals surface area (Å²) in [5.74, 6) is 0.582. The molecule has 0 unspecified atom stereocenters. The minimum absolute atomic E-state index is 0.138. The van der Waals surface area contributed by atoms with Gasteiger partial charge < -0.3 is 4.74 Å². The third kappa shape index (κ3) is 3.67. The number of hydrogen-bond acceptors (Lipinski definition) is 5. The molecular formula is C14H16F3N5O.